The molecule has 2 rings (SSSR count). The molecule has 5 nitrogen and oxygen atoms in total. The first-order valence-electron chi connectivity index (χ1n) is 3.68. The van der Waals surface area contributed by atoms with Gasteiger partial charge in [0.15, 0.2) is 0 Å². The third kappa shape index (κ3) is 1.58. The zero-order chi connectivity index (χ0) is 10.1. The van der Waals surface area contributed by atoms with Crippen molar-refractivity contribution in [1.29, 1.82) is 0 Å². The second kappa shape index (κ2) is 3.55. The van der Waals surface area contributed by atoms with Crippen LogP contribution in [0.3, 0.4) is 0 Å². The van der Waals surface area contributed by atoms with Gasteiger partial charge in [0.2, 0.25) is 5.95 Å². The highest BCUT2D eigenvalue weighted by Crippen LogP contribution is 2.24. The molecule has 14 heavy (non-hydrogen) atoms. The molecular formula is C7H5BrClN5. The third-order valence-electron chi connectivity index (χ3n) is 1.64. The van der Waals surface area contributed by atoms with Crippen LogP contribution >= 0.6 is 27.5 Å². The number of nitrogens with two attached hydrogens (primary N) is 1. The molecule has 1 aromatic heterocycles. The van der Waals surface area contributed by atoms with Gasteiger partial charge in [-0.1, -0.05) is 16.7 Å². The Hall–Kier alpha value is -1.14. The molecule has 0 bridgehead atoms. The average molecular weight is 275 g/mol. The van der Waals surface area contributed by atoms with Crippen LogP contribution in [0, 0.1) is 0 Å². The number of rotatable bonds is 1. The number of halogens is 2. The van der Waals surface area contributed by atoms with Crippen LogP contribution in [-0.2, 0) is 0 Å². The Labute approximate surface area is 93.0 Å². The van der Waals surface area contributed by atoms with E-state index in [9.17, 15) is 0 Å². The van der Waals surface area contributed by atoms with Gasteiger partial charge in [0.05, 0.1) is 10.7 Å². The number of tetrazole rings is 1. The minimum atomic E-state index is 0.225. The largest absolute Gasteiger partial charge is 0.366 e. The number of hydrogen-bond acceptors (Lipinski definition) is 4. The molecule has 0 radical (unpaired) electrons. The molecule has 72 valence electrons. The molecule has 0 atom stereocenters. The molecule has 0 unspecified atom stereocenters. The van der Waals surface area contributed by atoms with Crippen molar-refractivity contribution >= 4 is 33.5 Å². The lowest BCUT2D eigenvalue weighted by molar-refractivity contribution is 0.792. The molecule has 0 fully saturated rings. The third-order valence-corrected chi connectivity index (χ3v) is 2.87. The Kier molecular flexibility index (Phi) is 2.39. The minimum Gasteiger partial charge on any atom is -0.366 e. The summed E-state index contributed by atoms with van der Waals surface area (Å²) in [5.74, 6) is 0.225. The van der Waals surface area contributed by atoms with E-state index in [2.05, 4.69) is 31.5 Å². The van der Waals surface area contributed by atoms with Crippen LogP contribution in [0.5, 0.6) is 0 Å². The summed E-state index contributed by atoms with van der Waals surface area (Å²) in [4.78, 5) is 0. The molecule has 1 heterocycles. The van der Waals surface area contributed by atoms with Crippen molar-refractivity contribution in [3.05, 3.63) is 27.7 Å². The summed E-state index contributed by atoms with van der Waals surface area (Å²) >= 11 is 9.20. The first-order chi connectivity index (χ1) is 6.68. The molecular weight excluding hydrogens is 269 g/mol. The van der Waals surface area contributed by atoms with Crippen LogP contribution in [0.2, 0.25) is 5.02 Å². The second-order valence-electron chi connectivity index (χ2n) is 2.55. The van der Waals surface area contributed by atoms with Crippen molar-refractivity contribution in [3.63, 3.8) is 0 Å². The molecule has 2 N–H and O–H groups in total. The van der Waals surface area contributed by atoms with Crippen LogP contribution in [0.4, 0.5) is 5.95 Å². The van der Waals surface area contributed by atoms with Gasteiger partial charge >= 0.3 is 0 Å². The van der Waals surface area contributed by atoms with Gasteiger partial charge in [-0.25, -0.2) is 0 Å². The first kappa shape index (κ1) is 9.42. The van der Waals surface area contributed by atoms with Gasteiger partial charge in [-0.15, -0.1) is 0 Å². The average Bonchev–Trinajstić information content (AvgIpc) is 2.57. The van der Waals surface area contributed by atoms with Gasteiger partial charge < -0.3 is 5.73 Å². The number of benzene rings is 1. The SMILES string of the molecule is Nc1nnnn1-c1ccc(Br)c(Cl)c1. The highest BCUT2D eigenvalue weighted by atomic mass is 79.9. The van der Waals surface area contributed by atoms with Crippen molar-refractivity contribution in [2.75, 3.05) is 5.73 Å². The molecule has 0 aliphatic carbocycles. The molecule has 0 saturated heterocycles. The van der Waals surface area contributed by atoms with Gasteiger partial charge in [0.25, 0.3) is 0 Å². The molecule has 1 aromatic carbocycles. The maximum absolute atomic E-state index is 5.91. The molecule has 7 heteroatoms. The van der Waals surface area contributed by atoms with Gasteiger partial charge in [0.1, 0.15) is 0 Å². The van der Waals surface area contributed by atoms with E-state index >= 15 is 0 Å². The Balaban J connectivity index is 2.53. The van der Waals surface area contributed by atoms with Crippen molar-refractivity contribution in [3.8, 4) is 5.69 Å². The van der Waals surface area contributed by atoms with Crippen LogP contribution in [0.1, 0.15) is 0 Å². The fourth-order valence-corrected chi connectivity index (χ4v) is 1.42. The number of nitrogens with zero attached hydrogens (tertiary/aromatic N) is 4. The normalized spacial score (nSPS) is 10.4. The molecule has 2 aromatic rings. The van der Waals surface area contributed by atoms with E-state index in [1.807, 2.05) is 6.07 Å². The van der Waals surface area contributed by atoms with Crippen molar-refractivity contribution in [2.45, 2.75) is 0 Å². The van der Waals surface area contributed by atoms with E-state index in [4.69, 9.17) is 17.3 Å². The van der Waals surface area contributed by atoms with Crippen LogP contribution < -0.4 is 5.73 Å². The maximum Gasteiger partial charge on any atom is 0.245 e. The standard InChI is InChI=1S/C7H5BrClN5/c8-5-2-1-4(3-6(5)9)14-7(10)11-12-13-14/h1-3H,(H2,10,11,13). The van der Waals surface area contributed by atoms with Crippen molar-refractivity contribution in [2.24, 2.45) is 0 Å². The van der Waals surface area contributed by atoms with Gasteiger partial charge in [-0.2, -0.15) is 4.68 Å². The number of anilines is 1. The zero-order valence-electron chi connectivity index (χ0n) is 6.85. The quantitative estimate of drug-likeness (QED) is 0.858. The van der Waals surface area contributed by atoms with Gasteiger partial charge in [-0.05, 0) is 44.6 Å². The number of hydrogen-bond donors (Lipinski definition) is 1. The summed E-state index contributed by atoms with van der Waals surface area (Å²) in [5.41, 5.74) is 6.26. The fourth-order valence-electron chi connectivity index (χ4n) is 0.995. The molecule has 0 amide bonds. The smallest absolute Gasteiger partial charge is 0.245 e. The van der Waals surface area contributed by atoms with E-state index in [-0.39, 0.29) is 5.95 Å². The van der Waals surface area contributed by atoms with E-state index in [0.29, 0.717) is 5.02 Å². The molecule has 0 spiro atoms. The lowest BCUT2D eigenvalue weighted by Gasteiger charge is -2.02. The van der Waals surface area contributed by atoms with Crippen LogP contribution in [0.25, 0.3) is 5.69 Å². The Morgan fingerprint density at radius 3 is 2.79 bits per heavy atom. The van der Waals surface area contributed by atoms with Gasteiger partial charge in [-0.3, -0.25) is 0 Å². The topological polar surface area (TPSA) is 69.6 Å². The summed E-state index contributed by atoms with van der Waals surface area (Å²) in [7, 11) is 0. The van der Waals surface area contributed by atoms with Crippen molar-refractivity contribution < 1.29 is 0 Å². The second-order valence-corrected chi connectivity index (χ2v) is 3.81. The highest BCUT2D eigenvalue weighted by molar-refractivity contribution is 9.10. The van der Waals surface area contributed by atoms with E-state index in [1.54, 1.807) is 12.1 Å². The number of aromatic nitrogens is 4. The maximum atomic E-state index is 5.91. The summed E-state index contributed by atoms with van der Waals surface area (Å²) in [6.07, 6.45) is 0. The Morgan fingerprint density at radius 1 is 1.43 bits per heavy atom. The van der Waals surface area contributed by atoms with Crippen LogP contribution in [0.15, 0.2) is 22.7 Å². The predicted molar refractivity (Wildman–Crippen MR) is 56.3 cm³/mol. The van der Waals surface area contributed by atoms with E-state index in [1.165, 1.54) is 4.68 Å². The minimum absolute atomic E-state index is 0.225. The first-order valence-corrected chi connectivity index (χ1v) is 4.85. The highest BCUT2D eigenvalue weighted by Gasteiger charge is 2.05. The zero-order valence-corrected chi connectivity index (χ0v) is 9.20. The lowest BCUT2D eigenvalue weighted by Crippen LogP contribution is -2.02. The predicted octanol–water partition coefficient (Wildman–Crippen LogP) is 1.66. The molecule has 0 aliphatic rings. The summed E-state index contributed by atoms with van der Waals surface area (Å²) in [6.45, 7) is 0. The molecule has 0 saturated carbocycles. The van der Waals surface area contributed by atoms with Crippen molar-refractivity contribution in [1.82, 2.24) is 20.2 Å². The summed E-state index contributed by atoms with van der Waals surface area (Å²) in [6, 6.07) is 5.33. The van der Waals surface area contributed by atoms with Gasteiger partial charge in [0, 0.05) is 4.47 Å². The number of nitrogen functional groups attached to an aromatic ring is 1. The van der Waals surface area contributed by atoms with E-state index < -0.39 is 0 Å². The summed E-state index contributed by atoms with van der Waals surface area (Å²) in [5, 5.41) is 11.3. The lowest BCUT2D eigenvalue weighted by atomic mass is 10.3. The summed E-state index contributed by atoms with van der Waals surface area (Å²) < 4.78 is 2.22. The Morgan fingerprint density at radius 2 is 2.21 bits per heavy atom. The van der Waals surface area contributed by atoms with E-state index in [0.717, 1.165) is 10.2 Å². The Bertz CT molecular complexity index is 469. The molecule has 0 aliphatic heterocycles. The van der Waals surface area contributed by atoms with Crippen LogP contribution in [-0.4, -0.2) is 20.2 Å². The fraction of sp³-hybridized carbons (Fsp3) is 0. The monoisotopic (exact) mass is 273 g/mol.